The Morgan fingerprint density at radius 2 is 2.00 bits per heavy atom. The van der Waals surface area contributed by atoms with Gasteiger partial charge in [-0.05, 0) is 31.2 Å². The van der Waals surface area contributed by atoms with Crippen LogP contribution in [-0.4, -0.2) is 24.8 Å². The smallest absolute Gasteiger partial charge is 0.00701 e. The molecule has 0 heterocycles. The molecule has 0 aliphatic heterocycles. The molecule has 0 saturated heterocycles. The van der Waals surface area contributed by atoms with Gasteiger partial charge >= 0.3 is 0 Å². The van der Waals surface area contributed by atoms with Crippen molar-refractivity contribution in [3.05, 3.63) is 0 Å². The highest BCUT2D eigenvalue weighted by Gasteiger charge is 1.84. The van der Waals surface area contributed by atoms with Crippen LogP contribution in [0, 0.1) is 0 Å². The van der Waals surface area contributed by atoms with Gasteiger partial charge in [0.2, 0.25) is 0 Å². The van der Waals surface area contributed by atoms with Crippen LogP contribution in [0.5, 0.6) is 0 Å². The van der Waals surface area contributed by atoms with E-state index in [1.807, 2.05) is 0 Å². The van der Waals surface area contributed by atoms with Crippen molar-refractivity contribution < 1.29 is 0 Å². The van der Waals surface area contributed by atoms with Gasteiger partial charge in [0, 0.05) is 0 Å². The molecule has 0 aromatic carbocycles. The number of hydrogen-bond acceptors (Lipinski definition) is 1. The normalized spacial score (nSPS) is 11.6. The van der Waals surface area contributed by atoms with E-state index in [0.717, 1.165) is 6.54 Å². The van der Waals surface area contributed by atoms with E-state index in [2.05, 4.69) is 12.5 Å². The highest BCUT2D eigenvalue weighted by molar-refractivity contribution is 8.15. The maximum atomic E-state index is 5.29. The fourth-order valence-corrected chi connectivity index (χ4v) is 1.22. The summed E-state index contributed by atoms with van der Waals surface area (Å²) in [5.41, 5.74) is 5.29. The molecule has 2 heteroatoms. The fraction of sp³-hybridized carbons (Fsp3) is 1.00. The lowest BCUT2D eigenvalue weighted by Crippen LogP contribution is -2.00. The van der Waals surface area contributed by atoms with E-state index in [9.17, 15) is 0 Å². The SMILES string of the molecule is C[SH](C)CCCN. The average Bonchev–Trinajstić information content (AvgIpc) is 1.61. The highest BCUT2D eigenvalue weighted by atomic mass is 32.2. The monoisotopic (exact) mass is 121 g/mol. The van der Waals surface area contributed by atoms with E-state index in [1.54, 1.807) is 0 Å². The van der Waals surface area contributed by atoms with Crippen LogP contribution in [0.2, 0.25) is 0 Å². The van der Waals surface area contributed by atoms with Crippen LogP contribution < -0.4 is 5.73 Å². The predicted octanol–water partition coefficient (Wildman–Crippen LogP) is 0.596. The summed E-state index contributed by atoms with van der Waals surface area (Å²) in [4.78, 5) is 0. The predicted molar refractivity (Wildman–Crippen MR) is 39.4 cm³/mol. The molecule has 0 spiro atoms. The summed E-state index contributed by atoms with van der Waals surface area (Å²) in [5.74, 6) is 1.34. The molecule has 0 atom stereocenters. The Labute approximate surface area is 48.6 Å². The molecule has 7 heavy (non-hydrogen) atoms. The molecule has 0 aromatic rings. The van der Waals surface area contributed by atoms with Gasteiger partial charge in [-0.3, -0.25) is 10.9 Å². The first-order valence-electron chi connectivity index (χ1n) is 2.62. The average molecular weight is 121 g/mol. The Bertz CT molecular complexity index is 37.1. The minimum atomic E-state index is 0.314. The van der Waals surface area contributed by atoms with Gasteiger partial charge in [0.15, 0.2) is 0 Å². The summed E-state index contributed by atoms with van der Waals surface area (Å²) < 4.78 is 0. The van der Waals surface area contributed by atoms with E-state index >= 15 is 0 Å². The second-order valence-electron chi connectivity index (χ2n) is 1.95. The van der Waals surface area contributed by atoms with E-state index < -0.39 is 0 Å². The third kappa shape index (κ3) is 6.31. The molecule has 2 N–H and O–H groups in total. The van der Waals surface area contributed by atoms with Crippen molar-refractivity contribution in [2.45, 2.75) is 6.42 Å². The topological polar surface area (TPSA) is 26.0 Å². The first kappa shape index (κ1) is 7.31. The van der Waals surface area contributed by atoms with Crippen molar-refractivity contribution in [2.24, 2.45) is 5.73 Å². The Hall–Kier alpha value is 0.310. The Kier molecular flexibility index (Phi) is 4.67. The fourth-order valence-electron chi connectivity index (χ4n) is 0.408. The zero-order valence-corrected chi connectivity index (χ0v) is 6.04. The van der Waals surface area contributed by atoms with Gasteiger partial charge in [0.05, 0.1) is 0 Å². The van der Waals surface area contributed by atoms with Gasteiger partial charge in [-0.1, -0.05) is 0 Å². The number of hydrogen-bond donors (Lipinski definition) is 2. The quantitative estimate of drug-likeness (QED) is 0.525. The van der Waals surface area contributed by atoms with Crippen LogP contribution in [0.25, 0.3) is 0 Å². The molecule has 0 fully saturated rings. The lowest BCUT2D eigenvalue weighted by molar-refractivity contribution is 0.942. The second kappa shape index (κ2) is 4.47. The summed E-state index contributed by atoms with van der Waals surface area (Å²) >= 11 is 0. The molecule has 0 radical (unpaired) electrons. The summed E-state index contributed by atoms with van der Waals surface area (Å²) in [5, 5.41) is 0. The van der Waals surface area contributed by atoms with Crippen molar-refractivity contribution in [1.29, 1.82) is 0 Å². The molecule has 0 amide bonds. The highest BCUT2D eigenvalue weighted by Crippen LogP contribution is 2.12. The third-order valence-corrected chi connectivity index (χ3v) is 2.02. The zero-order valence-electron chi connectivity index (χ0n) is 5.15. The van der Waals surface area contributed by atoms with E-state index in [1.165, 1.54) is 12.2 Å². The van der Waals surface area contributed by atoms with E-state index in [4.69, 9.17) is 5.73 Å². The van der Waals surface area contributed by atoms with Gasteiger partial charge in [0.1, 0.15) is 0 Å². The van der Waals surface area contributed by atoms with Crippen molar-refractivity contribution in [1.82, 2.24) is 0 Å². The molecular weight excluding hydrogens is 106 g/mol. The first-order chi connectivity index (χ1) is 3.27. The van der Waals surface area contributed by atoms with Crippen molar-refractivity contribution in [2.75, 3.05) is 24.8 Å². The van der Waals surface area contributed by atoms with Gasteiger partial charge in [0.25, 0.3) is 0 Å². The summed E-state index contributed by atoms with van der Waals surface area (Å²) in [6, 6.07) is 0. The maximum absolute atomic E-state index is 5.29. The molecule has 1 nitrogen and oxygen atoms in total. The van der Waals surface area contributed by atoms with Gasteiger partial charge in [-0.25, -0.2) is 0 Å². The lowest BCUT2D eigenvalue weighted by atomic mass is 10.5. The van der Waals surface area contributed by atoms with E-state index in [-0.39, 0.29) is 0 Å². The van der Waals surface area contributed by atoms with Gasteiger partial charge < -0.3 is 5.73 Å². The van der Waals surface area contributed by atoms with Crippen LogP contribution >= 0.6 is 10.9 Å². The number of nitrogens with two attached hydrogens (primary N) is 1. The van der Waals surface area contributed by atoms with Crippen LogP contribution in [0.3, 0.4) is 0 Å². The van der Waals surface area contributed by atoms with Crippen molar-refractivity contribution >= 4 is 10.9 Å². The lowest BCUT2D eigenvalue weighted by Gasteiger charge is -2.04. The molecule has 0 saturated carbocycles. The standard InChI is InChI=1S/C5H15NS/c1-7(2)5-3-4-6/h7H,3-6H2,1-2H3. The van der Waals surface area contributed by atoms with Crippen LogP contribution in [-0.2, 0) is 0 Å². The first-order valence-corrected chi connectivity index (χ1v) is 5.04. The molecule has 46 valence electrons. The number of thiol groups is 1. The van der Waals surface area contributed by atoms with Crippen molar-refractivity contribution in [3.8, 4) is 0 Å². The summed E-state index contributed by atoms with van der Waals surface area (Å²) in [7, 11) is 0.314. The summed E-state index contributed by atoms with van der Waals surface area (Å²) in [6.07, 6.45) is 5.77. The van der Waals surface area contributed by atoms with Crippen LogP contribution in [0.15, 0.2) is 0 Å². The summed E-state index contributed by atoms with van der Waals surface area (Å²) in [6.45, 7) is 0.862. The second-order valence-corrected chi connectivity index (χ2v) is 4.55. The maximum Gasteiger partial charge on any atom is -0.00701 e. The molecule has 0 bridgehead atoms. The molecular formula is C5H15NS. The van der Waals surface area contributed by atoms with Crippen LogP contribution in [0.1, 0.15) is 6.42 Å². The molecule has 0 unspecified atom stereocenters. The van der Waals surface area contributed by atoms with Crippen molar-refractivity contribution in [3.63, 3.8) is 0 Å². The number of rotatable bonds is 3. The van der Waals surface area contributed by atoms with Gasteiger partial charge in [-0.2, -0.15) is 0 Å². The minimum Gasteiger partial charge on any atom is -0.330 e. The minimum absolute atomic E-state index is 0.314. The molecule has 0 aliphatic rings. The van der Waals surface area contributed by atoms with Gasteiger partial charge in [-0.15, -0.1) is 0 Å². The third-order valence-electron chi connectivity index (χ3n) is 0.809. The zero-order chi connectivity index (χ0) is 5.70. The molecule has 0 aliphatic carbocycles. The van der Waals surface area contributed by atoms with E-state index in [0.29, 0.717) is 10.9 Å². The molecule has 0 aromatic heterocycles. The Morgan fingerprint density at radius 1 is 1.43 bits per heavy atom. The largest absolute Gasteiger partial charge is 0.330 e. The Morgan fingerprint density at radius 3 is 2.14 bits per heavy atom. The Balaban J connectivity index is 2.68. The van der Waals surface area contributed by atoms with Crippen LogP contribution in [0.4, 0.5) is 0 Å². The molecule has 0 rings (SSSR count).